The Balaban J connectivity index is 2.72. The topological polar surface area (TPSA) is 20.3 Å². The number of thioether (sulfide) groups is 1. The van der Waals surface area contributed by atoms with E-state index in [0.29, 0.717) is 0 Å². The maximum Gasteiger partial charge on any atom is 0.286 e. The van der Waals surface area contributed by atoms with E-state index in [0.717, 1.165) is 33.2 Å². The number of halogens is 2. The Labute approximate surface area is 136 Å². The van der Waals surface area contributed by atoms with Gasteiger partial charge in [0.1, 0.15) is 0 Å². The molecule has 0 spiro atoms. The van der Waals surface area contributed by atoms with Crippen molar-refractivity contribution >= 4 is 48.9 Å². The molecule has 0 saturated heterocycles. The molecule has 5 heteroatoms. The van der Waals surface area contributed by atoms with E-state index >= 15 is 0 Å². The minimum atomic E-state index is 0.123. The maximum absolute atomic E-state index is 12.3. The lowest BCUT2D eigenvalue weighted by atomic mass is 10.3. The summed E-state index contributed by atoms with van der Waals surface area (Å²) in [6.45, 7) is 7.09. The standard InChI is InChI=1S/C14H19Br2NOS/c1-4-5-8-17(10(2)3)14(18)19-11-6-7-12(15)13(16)9-11/h6-7,9-10H,4-5,8H2,1-3H3. The van der Waals surface area contributed by atoms with Crippen molar-refractivity contribution in [3.8, 4) is 0 Å². The molecule has 1 aromatic carbocycles. The third-order valence-electron chi connectivity index (χ3n) is 2.71. The van der Waals surface area contributed by atoms with Crippen LogP contribution in [-0.2, 0) is 0 Å². The molecule has 0 bridgehead atoms. The minimum absolute atomic E-state index is 0.123. The van der Waals surface area contributed by atoms with Gasteiger partial charge < -0.3 is 4.90 Å². The molecule has 1 amide bonds. The molecule has 106 valence electrons. The van der Waals surface area contributed by atoms with Crippen molar-refractivity contribution in [2.45, 2.75) is 44.6 Å². The minimum Gasteiger partial charge on any atom is -0.331 e. The summed E-state index contributed by atoms with van der Waals surface area (Å²) in [5.41, 5.74) is 0. The van der Waals surface area contributed by atoms with Crippen LogP contribution in [0, 0.1) is 0 Å². The Bertz CT molecular complexity index is 437. The van der Waals surface area contributed by atoms with Gasteiger partial charge in [0.05, 0.1) is 0 Å². The average molecular weight is 409 g/mol. The number of hydrogen-bond acceptors (Lipinski definition) is 2. The van der Waals surface area contributed by atoms with Gasteiger partial charge in [-0.1, -0.05) is 13.3 Å². The molecule has 0 aliphatic carbocycles. The van der Waals surface area contributed by atoms with E-state index in [9.17, 15) is 4.79 Å². The van der Waals surface area contributed by atoms with Crippen LogP contribution in [0.4, 0.5) is 4.79 Å². The Hall–Kier alpha value is -0.000000000000000111. The quantitative estimate of drug-likeness (QED) is 0.562. The Kier molecular flexibility index (Phi) is 7.47. The SMILES string of the molecule is CCCCN(C(=O)Sc1ccc(Br)c(Br)c1)C(C)C. The van der Waals surface area contributed by atoms with E-state index in [2.05, 4.69) is 52.6 Å². The third kappa shape index (κ3) is 5.48. The number of benzene rings is 1. The van der Waals surface area contributed by atoms with Crippen LogP contribution in [0.25, 0.3) is 0 Å². The molecule has 0 radical (unpaired) electrons. The monoisotopic (exact) mass is 407 g/mol. The molecule has 0 heterocycles. The number of unbranched alkanes of at least 4 members (excludes halogenated alkanes) is 1. The first kappa shape index (κ1) is 17.1. The molecule has 0 unspecified atom stereocenters. The van der Waals surface area contributed by atoms with E-state index in [-0.39, 0.29) is 11.3 Å². The van der Waals surface area contributed by atoms with Crippen LogP contribution >= 0.6 is 43.6 Å². The lowest BCUT2D eigenvalue weighted by Gasteiger charge is -2.26. The van der Waals surface area contributed by atoms with Gasteiger partial charge in [0.25, 0.3) is 5.24 Å². The zero-order chi connectivity index (χ0) is 14.4. The maximum atomic E-state index is 12.3. The third-order valence-corrected chi connectivity index (χ3v) is 5.49. The van der Waals surface area contributed by atoms with Gasteiger partial charge in [-0.15, -0.1) is 0 Å². The summed E-state index contributed by atoms with van der Waals surface area (Å²) in [5, 5.41) is 0.123. The molecule has 0 aromatic heterocycles. The van der Waals surface area contributed by atoms with Gasteiger partial charge in [-0.25, -0.2) is 0 Å². The Morgan fingerprint density at radius 3 is 2.53 bits per heavy atom. The van der Waals surface area contributed by atoms with Gasteiger partial charge in [-0.2, -0.15) is 0 Å². The van der Waals surface area contributed by atoms with E-state index < -0.39 is 0 Å². The van der Waals surface area contributed by atoms with Gasteiger partial charge in [0.2, 0.25) is 0 Å². The Morgan fingerprint density at radius 2 is 2.00 bits per heavy atom. The predicted molar refractivity (Wildman–Crippen MR) is 89.8 cm³/mol. The molecule has 2 nitrogen and oxygen atoms in total. The summed E-state index contributed by atoms with van der Waals surface area (Å²) in [6, 6.07) is 6.11. The fraction of sp³-hybridized carbons (Fsp3) is 0.500. The van der Waals surface area contributed by atoms with Gasteiger partial charge in [0, 0.05) is 26.4 Å². The lowest BCUT2D eigenvalue weighted by molar-refractivity contribution is 0.207. The first-order valence-electron chi connectivity index (χ1n) is 6.39. The first-order valence-corrected chi connectivity index (χ1v) is 8.79. The highest BCUT2D eigenvalue weighted by Gasteiger charge is 2.17. The van der Waals surface area contributed by atoms with Crippen molar-refractivity contribution < 1.29 is 4.79 Å². The van der Waals surface area contributed by atoms with Crippen molar-refractivity contribution in [3.05, 3.63) is 27.1 Å². The average Bonchev–Trinajstić information content (AvgIpc) is 2.34. The van der Waals surface area contributed by atoms with Crippen LogP contribution in [0.3, 0.4) is 0 Å². The zero-order valence-electron chi connectivity index (χ0n) is 11.5. The lowest BCUT2D eigenvalue weighted by Crippen LogP contribution is -2.35. The van der Waals surface area contributed by atoms with Crippen molar-refractivity contribution in [2.24, 2.45) is 0 Å². The summed E-state index contributed by atoms with van der Waals surface area (Å²) < 4.78 is 1.96. The van der Waals surface area contributed by atoms with Crippen LogP contribution in [0.1, 0.15) is 33.6 Å². The number of rotatable bonds is 5. The molecule has 0 saturated carbocycles. The molecule has 0 N–H and O–H groups in total. The summed E-state index contributed by atoms with van der Waals surface area (Å²) >= 11 is 8.18. The van der Waals surface area contributed by atoms with Crippen molar-refractivity contribution in [3.63, 3.8) is 0 Å². The molecule has 1 rings (SSSR count). The van der Waals surface area contributed by atoms with E-state index in [1.165, 1.54) is 11.8 Å². The summed E-state index contributed by atoms with van der Waals surface area (Å²) in [4.78, 5) is 15.2. The van der Waals surface area contributed by atoms with Crippen molar-refractivity contribution in [1.29, 1.82) is 0 Å². The molecule has 1 aromatic rings. The number of hydrogen-bond donors (Lipinski definition) is 0. The number of amides is 1. The fourth-order valence-electron chi connectivity index (χ4n) is 1.59. The second-order valence-electron chi connectivity index (χ2n) is 4.58. The van der Waals surface area contributed by atoms with Crippen molar-refractivity contribution in [2.75, 3.05) is 6.54 Å². The fourth-order valence-corrected chi connectivity index (χ4v) is 3.30. The van der Waals surface area contributed by atoms with E-state index in [4.69, 9.17) is 0 Å². The highest BCUT2D eigenvalue weighted by Crippen LogP contribution is 2.30. The summed E-state index contributed by atoms with van der Waals surface area (Å²) in [5.74, 6) is 0. The molecular formula is C14H19Br2NOS. The normalized spacial score (nSPS) is 10.8. The van der Waals surface area contributed by atoms with Crippen LogP contribution in [0.2, 0.25) is 0 Å². The summed E-state index contributed by atoms with van der Waals surface area (Å²) in [7, 11) is 0. The first-order chi connectivity index (χ1) is 8.95. The molecule has 0 atom stereocenters. The molecule has 0 aliphatic rings. The highest BCUT2D eigenvalue weighted by molar-refractivity contribution is 9.13. The Morgan fingerprint density at radius 1 is 1.32 bits per heavy atom. The van der Waals surface area contributed by atoms with Crippen LogP contribution in [0.5, 0.6) is 0 Å². The largest absolute Gasteiger partial charge is 0.331 e. The predicted octanol–water partition coefficient (Wildman–Crippen LogP) is 5.93. The number of nitrogens with zero attached hydrogens (tertiary/aromatic N) is 1. The number of carbonyl (C=O) groups is 1. The van der Waals surface area contributed by atoms with Crippen molar-refractivity contribution in [1.82, 2.24) is 4.90 Å². The van der Waals surface area contributed by atoms with Crippen LogP contribution in [0.15, 0.2) is 32.0 Å². The second-order valence-corrected chi connectivity index (χ2v) is 7.32. The molecule has 19 heavy (non-hydrogen) atoms. The van der Waals surface area contributed by atoms with Crippen LogP contribution < -0.4 is 0 Å². The van der Waals surface area contributed by atoms with Gasteiger partial charge in [-0.3, -0.25) is 4.79 Å². The number of carbonyl (C=O) groups excluding carboxylic acids is 1. The summed E-state index contributed by atoms with van der Waals surface area (Å²) in [6.07, 6.45) is 2.15. The smallest absolute Gasteiger partial charge is 0.286 e. The van der Waals surface area contributed by atoms with Gasteiger partial charge in [0.15, 0.2) is 0 Å². The molecule has 0 aliphatic heterocycles. The van der Waals surface area contributed by atoms with E-state index in [1.54, 1.807) is 0 Å². The van der Waals surface area contributed by atoms with Crippen LogP contribution in [-0.4, -0.2) is 22.7 Å². The zero-order valence-corrected chi connectivity index (χ0v) is 15.4. The van der Waals surface area contributed by atoms with Gasteiger partial charge >= 0.3 is 0 Å². The molecule has 0 fully saturated rings. The second kappa shape index (κ2) is 8.32. The highest BCUT2D eigenvalue weighted by atomic mass is 79.9. The van der Waals surface area contributed by atoms with E-state index in [1.807, 2.05) is 23.1 Å². The molecular weight excluding hydrogens is 390 g/mol. The van der Waals surface area contributed by atoms with Gasteiger partial charge in [-0.05, 0) is 82.1 Å².